The molecule has 0 saturated carbocycles. The summed E-state index contributed by atoms with van der Waals surface area (Å²) in [6, 6.07) is 14.7. The largest absolute Gasteiger partial charge is 0.497 e. The topological polar surface area (TPSA) is 124 Å². The maximum atomic E-state index is 14.4. The molecule has 0 aromatic heterocycles. The lowest BCUT2D eigenvalue weighted by molar-refractivity contribution is -0.140. The van der Waals surface area contributed by atoms with E-state index in [0.29, 0.717) is 28.5 Å². The highest BCUT2D eigenvalue weighted by molar-refractivity contribution is 7.92. The molecule has 2 atom stereocenters. The summed E-state index contributed by atoms with van der Waals surface area (Å²) >= 11 is 6.11. The average molecular weight is 676 g/mol. The number of sulfonamides is 1. The van der Waals surface area contributed by atoms with Crippen molar-refractivity contribution in [3.63, 3.8) is 0 Å². The van der Waals surface area contributed by atoms with Crippen LogP contribution in [0.1, 0.15) is 39.2 Å². The van der Waals surface area contributed by atoms with Crippen LogP contribution in [0.4, 0.5) is 5.69 Å². The molecular formula is C33H42ClN3O8S. The minimum Gasteiger partial charge on any atom is -0.497 e. The molecule has 46 heavy (non-hydrogen) atoms. The number of amides is 2. The van der Waals surface area contributed by atoms with Crippen molar-refractivity contribution in [2.24, 2.45) is 0 Å². The van der Waals surface area contributed by atoms with Gasteiger partial charge < -0.3 is 29.2 Å². The number of halogens is 1. The third-order valence-electron chi connectivity index (χ3n) is 7.53. The first kappa shape index (κ1) is 36.3. The van der Waals surface area contributed by atoms with Gasteiger partial charge in [-0.2, -0.15) is 0 Å². The van der Waals surface area contributed by atoms with E-state index >= 15 is 0 Å². The van der Waals surface area contributed by atoms with E-state index < -0.39 is 28.5 Å². The molecule has 11 nitrogen and oxygen atoms in total. The number of rotatable bonds is 16. The summed E-state index contributed by atoms with van der Waals surface area (Å²) in [5, 5.41) is 3.47. The number of methoxy groups -OCH3 is 4. The first-order valence-electron chi connectivity index (χ1n) is 14.7. The van der Waals surface area contributed by atoms with Crippen LogP contribution in [0.25, 0.3) is 0 Å². The molecule has 0 radical (unpaired) electrons. The van der Waals surface area contributed by atoms with Gasteiger partial charge >= 0.3 is 0 Å². The molecule has 0 saturated heterocycles. The van der Waals surface area contributed by atoms with E-state index in [2.05, 4.69) is 5.32 Å². The van der Waals surface area contributed by atoms with E-state index in [-0.39, 0.29) is 47.0 Å². The molecule has 0 unspecified atom stereocenters. The molecule has 3 aromatic rings. The van der Waals surface area contributed by atoms with Crippen molar-refractivity contribution in [2.45, 2.75) is 57.1 Å². The van der Waals surface area contributed by atoms with Gasteiger partial charge in [0.15, 0.2) is 11.5 Å². The van der Waals surface area contributed by atoms with Crippen molar-refractivity contribution in [1.29, 1.82) is 0 Å². The van der Waals surface area contributed by atoms with Crippen LogP contribution in [0.5, 0.6) is 23.0 Å². The molecule has 0 aliphatic rings. The van der Waals surface area contributed by atoms with E-state index in [4.69, 9.17) is 30.5 Å². The lowest BCUT2D eigenvalue weighted by atomic mass is 10.1. The molecule has 0 fully saturated rings. The molecule has 2 amide bonds. The number of nitrogens with zero attached hydrogens (tertiary/aromatic N) is 2. The Kier molecular flexibility index (Phi) is 13.0. The van der Waals surface area contributed by atoms with Crippen LogP contribution in [0.2, 0.25) is 5.02 Å². The predicted octanol–water partition coefficient (Wildman–Crippen LogP) is 5.29. The zero-order chi connectivity index (χ0) is 34.0. The van der Waals surface area contributed by atoms with Crippen molar-refractivity contribution < 1.29 is 37.0 Å². The highest BCUT2D eigenvalue weighted by Gasteiger charge is 2.35. The van der Waals surface area contributed by atoms with Gasteiger partial charge in [0.05, 0.1) is 39.0 Å². The van der Waals surface area contributed by atoms with Crippen LogP contribution in [0, 0.1) is 0 Å². The quantitative estimate of drug-likeness (QED) is 0.217. The molecule has 3 aromatic carbocycles. The number of carbonyl (C=O) groups is 2. The molecule has 0 aliphatic heterocycles. The second-order valence-corrected chi connectivity index (χ2v) is 12.8. The Morgan fingerprint density at radius 2 is 1.46 bits per heavy atom. The summed E-state index contributed by atoms with van der Waals surface area (Å²) in [7, 11) is 1.22. The van der Waals surface area contributed by atoms with Gasteiger partial charge in [0.1, 0.15) is 24.1 Å². The molecule has 3 rings (SSSR count). The van der Waals surface area contributed by atoms with E-state index in [1.54, 1.807) is 43.3 Å². The number of anilines is 1. The van der Waals surface area contributed by atoms with Gasteiger partial charge in [-0.3, -0.25) is 13.9 Å². The monoisotopic (exact) mass is 675 g/mol. The summed E-state index contributed by atoms with van der Waals surface area (Å²) in [5.74, 6) is 0.0823. The Morgan fingerprint density at radius 1 is 0.826 bits per heavy atom. The molecule has 0 heterocycles. The van der Waals surface area contributed by atoms with Gasteiger partial charge in [-0.15, -0.1) is 0 Å². The number of ether oxygens (including phenoxy) is 4. The minimum absolute atomic E-state index is 0.0297. The number of nitrogens with one attached hydrogen (secondary N) is 1. The Balaban J connectivity index is 2.19. The summed E-state index contributed by atoms with van der Waals surface area (Å²) in [5.41, 5.74) is 0.773. The third kappa shape index (κ3) is 8.55. The van der Waals surface area contributed by atoms with E-state index in [1.807, 2.05) is 13.8 Å². The molecule has 0 spiro atoms. The zero-order valence-corrected chi connectivity index (χ0v) is 28.8. The Hall–Kier alpha value is -4.16. The average Bonchev–Trinajstić information content (AvgIpc) is 3.06. The van der Waals surface area contributed by atoms with Crippen molar-refractivity contribution >= 4 is 39.1 Å². The first-order chi connectivity index (χ1) is 21.9. The minimum atomic E-state index is -4.46. The zero-order valence-electron chi connectivity index (χ0n) is 27.2. The summed E-state index contributed by atoms with van der Waals surface area (Å²) < 4.78 is 51.4. The van der Waals surface area contributed by atoms with E-state index in [9.17, 15) is 18.0 Å². The fraction of sp³-hybridized carbons (Fsp3) is 0.394. The van der Waals surface area contributed by atoms with Gasteiger partial charge in [0.25, 0.3) is 10.0 Å². The molecule has 1 N–H and O–H groups in total. The fourth-order valence-electron chi connectivity index (χ4n) is 4.76. The summed E-state index contributed by atoms with van der Waals surface area (Å²) in [4.78, 5) is 29.1. The highest BCUT2D eigenvalue weighted by atomic mass is 35.5. The van der Waals surface area contributed by atoms with Crippen LogP contribution in [0.3, 0.4) is 0 Å². The van der Waals surface area contributed by atoms with Gasteiger partial charge in [-0.05, 0) is 61.7 Å². The molecule has 250 valence electrons. The Morgan fingerprint density at radius 3 is 2.02 bits per heavy atom. The third-order valence-corrected chi connectivity index (χ3v) is 9.54. The number of benzene rings is 3. The predicted molar refractivity (Wildman–Crippen MR) is 178 cm³/mol. The summed E-state index contributed by atoms with van der Waals surface area (Å²) in [6.45, 7) is 4.98. The summed E-state index contributed by atoms with van der Waals surface area (Å²) in [6.07, 6.45) is 0.979. The van der Waals surface area contributed by atoms with Crippen LogP contribution >= 0.6 is 11.6 Å². The molecular weight excluding hydrogens is 634 g/mol. The second kappa shape index (κ2) is 16.4. The van der Waals surface area contributed by atoms with Crippen molar-refractivity contribution in [2.75, 3.05) is 39.3 Å². The Labute approximate surface area is 276 Å². The van der Waals surface area contributed by atoms with Crippen molar-refractivity contribution in [3.05, 3.63) is 71.2 Å². The lowest BCUT2D eigenvalue weighted by Crippen LogP contribution is -2.53. The van der Waals surface area contributed by atoms with Gasteiger partial charge in [0, 0.05) is 29.7 Å². The molecule has 0 aliphatic carbocycles. The highest BCUT2D eigenvalue weighted by Crippen LogP contribution is 2.38. The maximum Gasteiger partial charge on any atom is 0.265 e. The standard InChI is InChI=1S/C33H42ClN3O8S/c1-8-22(3)35-33(39)27(9-2)36(20-23-10-12-24(34)13-11-23)32(38)21-37(28-18-25(42-4)14-16-29(28)43-5)46(40,41)26-15-17-30(44-6)31(19-26)45-7/h10-19,22,27H,8-9,20-21H2,1-7H3,(H,35,39)/t22-,27-/m0/s1. The Bertz CT molecular complexity index is 1600. The number of hydrogen-bond donors (Lipinski definition) is 1. The molecule has 13 heteroatoms. The van der Waals surface area contributed by atoms with Crippen LogP contribution in [-0.4, -0.2) is 72.2 Å². The van der Waals surface area contributed by atoms with Gasteiger partial charge in [0.2, 0.25) is 11.8 Å². The van der Waals surface area contributed by atoms with Crippen LogP contribution in [0.15, 0.2) is 65.6 Å². The van der Waals surface area contributed by atoms with Crippen LogP contribution in [-0.2, 0) is 26.2 Å². The van der Waals surface area contributed by atoms with E-state index in [1.165, 1.54) is 57.6 Å². The van der Waals surface area contributed by atoms with E-state index in [0.717, 1.165) is 4.31 Å². The second-order valence-electron chi connectivity index (χ2n) is 10.5. The normalized spacial score (nSPS) is 12.4. The van der Waals surface area contributed by atoms with Crippen LogP contribution < -0.4 is 28.6 Å². The first-order valence-corrected chi connectivity index (χ1v) is 16.6. The fourth-order valence-corrected chi connectivity index (χ4v) is 6.31. The SMILES string of the molecule is CC[C@H](C)NC(=O)[C@H](CC)N(Cc1ccc(Cl)cc1)C(=O)CN(c1cc(OC)ccc1OC)S(=O)(=O)c1ccc(OC)c(OC)c1. The van der Waals surface area contributed by atoms with Gasteiger partial charge in [-0.25, -0.2) is 8.42 Å². The maximum absolute atomic E-state index is 14.4. The van der Waals surface area contributed by atoms with Crippen molar-refractivity contribution in [3.8, 4) is 23.0 Å². The number of carbonyl (C=O) groups excluding carboxylic acids is 2. The lowest BCUT2D eigenvalue weighted by Gasteiger charge is -2.34. The smallest absolute Gasteiger partial charge is 0.265 e. The van der Waals surface area contributed by atoms with Crippen molar-refractivity contribution in [1.82, 2.24) is 10.2 Å². The molecule has 0 bridgehead atoms. The number of hydrogen-bond acceptors (Lipinski definition) is 8. The van der Waals surface area contributed by atoms with Gasteiger partial charge in [-0.1, -0.05) is 37.6 Å².